The van der Waals surface area contributed by atoms with Crippen molar-refractivity contribution >= 4 is 0 Å². The molecule has 0 radical (unpaired) electrons. The third-order valence-electron chi connectivity index (χ3n) is 2.85. The van der Waals surface area contributed by atoms with Crippen LogP contribution in [-0.4, -0.2) is 53.0 Å². The zero-order chi connectivity index (χ0) is 9.97. The van der Waals surface area contributed by atoms with Crippen molar-refractivity contribution in [2.24, 2.45) is 0 Å². The fourth-order valence-electron chi connectivity index (χ4n) is 2.01. The zero-order valence-corrected chi connectivity index (χ0v) is 8.63. The summed E-state index contributed by atoms with van der Waals surface area (Å²) in [6, 6.07) is 0.381. The summed E-state index contributed by atoms with van der Waals surface area (Å²) in [6.07, 6.45) is 4.86. The van der Waals surface area contributed by atoms with Gasteiger partial charge in [0.1, 0.15) is 12.7 Å². The largest absolute Gasteiger partial charge is 0.378 e. The van der Waals surface area contributed by atoms with Gasteiger partial charge in [-0.15, -0.1) is 10.2 Å². The van der Waals surface area contributed by atoms with E-state index in [1.807, 2.05) is 4.57 Å². The molecule has 2 heterocycles. The molecule has 5 nitrogen and oxygen atoms in total. The minimum atomic E-state index is 0.241. The standard InChI is InChI=1S/C9H16N4O/c1-12-4-3-8(9(5-12)14-2)13-6-10-11-7-13/h6-9H,3-5H2,1-2H3. The van der Waals surface area contributed by atoms with E-state index < -0.39 is 0 Å². The molecule has 1 aliphatic heterocycles. The second kappa shape index (κ2) is 4.06. The van der Waals surface area contributed by atoms with Crippen LogP contribution < -0.4 is 0 Å². The lowest BCUT2D eigenvalue weighted by Gasteiger charge is -2.36. The molecule has 78 valence electrons. The van der Waals surface area contributed by atoms with Gasteiger partial charge in [0.05, 0.1) is 12.1 Å². The van der Waals surface area contributed by atoms with Crippen LogP contribution in [0.4, 0.5) is 0 Å². The van der Waals surface area contributed by atoms with Gasteiger partial charge in [-0.3, -0.25) is 0 Å². The maximum absolute atomic E-state index is 5.48. The van der Waals surface area contributed by atoms with E-state index in [2.05, 4.69) is 22.1 Å². The van der Waals surface area contributed by atoms with Gasteiger partial charge in [0, 0.05) is 20.2 Å². The van der Waals surface area contributed by atoms with Crippen LogP contribution in [0.25, 0.3) is 0 Å². The molecule has 0 aliphatic carbocycles. The molecule has 2 unspecified atom stereocenters. The highest BCUT2D eigenvalue weighted by Gasteiger charge is 2.28. The van der Waals surface area contributed by atoms with Gasteiger partial charge in [0.25, 0.3) is 0 Å². The molecule has 2 rings (SSSR count). The van der Waals surface area contributed by atoms with E-state index in [1.165, 1.54) is 0 Å². The first kappa shape index (κ1) is 9.61. The summed E-state index contributed by atoms with van der Waals surface area (Å²) in [4.78, 5) is 2.29. The molecule has 0 bridgehead atoms. The van der Waals surface area contributed by atoms with Crippen LogP contribution in [0.1, 0.15) is 12.5 Å². The van der Waals surface area contributed by atoms with Crippen molar-refractivity contribution in [2.75, 3.05) is 27.2 Å². The highest BCUT2D eigenvalue weighted by Crippen LogP contribution is 2.23. The van der Waals surface area contributed by atoms with E-state index >= 15 is 0 Å². The van der Waals surface area contributed by atoms with Gasteiger partial charge in [-0.05, 0) is 13.5 Å². The summed E-state index contributed by atoms with van der Waals surface area (Å²) in [6.45, 7) is 2.07. The van der Waals surface area contributed by atoms with Crippen molar-refractivity contribution in [3.63, 3.8) is 0 Å². The Bertz CT molecular complexity index is 274. The summed E-state index contributed by atoms with van der Waals surface area (Å²) in [7, 11) is 3.88. The van der Waals surface area contributed by atoms with E-state index in [0.717, 1.165) is 19.5 Å². The first-order valence-corrected chi connectivity index (χ1v) is 4.86. The molecule has 1 aromatic rings. The third-order valence-corrected chi connectivity index (χ3v) is 2.85. The third kappa shape index (κ3) is 1.78. The van der Waals surface area contributed by atoms with Crippen LogP contribution in [0.3, 0.4) is 0 Å². The topological polar surface area (TPSA) is 43.2 Å². The number of nitrogens with zero attached hydrogens (tertiary/aromatic N) is 4. The molecule has 14 heavy (non-hydrogen) atoms. The lowest BCUT2D eigenvalue weighted by Crippen LogP contribution is -2.43. The summed E-state index contributed by atoms with van der Waals surface area (Å²) < 4.78 is 7.52. The number of hydrogen-bond donors (Lipinski definition) is 0. The number of hydrogen-bond acceptors (Lipinski definition) is 4. The maximum atomic E-state index is 5.48. The number of ether oxygens (including phenoxy) is 1. The SMILES string of the molecule is COC1CN(C)CCC1n1cnnc1. The van der Waals surface area contributed by atoms with E-state index in [0.29, 0.717) is 6.04 Å². The van der Waals surface area contributed by atoms with Crippen molar-refractivity contribution in [3.8, 4) is 0 Å². The highest BCUT2D eigenvalue weighted by atomic mass is 16.5. The van der Waals surface area contributed by atoms with Crippen LogP contribution in [-0.2, 0) is 4.74 Å². The predicted octanol–water partition coefficient (Wildman–Crippen LogP) is 0.170. The summed E-state index contributed by atoms with van der Waals surface area (Å²) in [5.74, 6) is 0. The molecule has 0 amide bonds. The van der Waals surface area contributed by atoms with Crippen LogP contribution in [0.15, 0.2) is 12.7 Å². The molecule has 0 aromatic carbocycles. The Morgan fingerprint density at radius 1 is 1.36 bits per heavy atom. The first-order valence-electron chi connectivity index (χ1n) is 4.86. The Hall–Kier alpha value is -0.940. The smallest absolute Gasteiger partial charge is 0.119 e. The predicted molar refractivity (Wildman–Crippen MR) is 52.0 cm³/mol. The number of piperidine rings is 1. The van der Waals surface area contributed by atoms with Gasteiger partial charge in [-0.25, -0.2) is 0 Å². The normalized spacial score (nSPS) is 29.3. The summed E-state index contributed by atoms with van der Waals surface area (Å²) in [5.41, 5.74) is 0. The summed E-state index contributed by atoms with van der Waals surface area (Å²) in [5, 5.41) is 7.66. The van der Waals surface area contributed by atoms with Crippen LogP contribution >= 0.6 is 0 Å². The highest BCUT2D eigenvalue weighted by molar-refractivity contribution is 4.85. The quantitative estimate of drug-likeness (QED) is 0.676. The number of aromatic nitrogens is 3. The van der Waals surface area contributed by atoms with Gasteiger partial charge in [0.2, 0.25) is 0 Å². The Balaban J connectivity index is 2.10. The van der Waals surface area contributed by atoms with E-state index in [9.17, 15) is 0 Å². The molecular weight excluding hydrogens is 180 g/mol. The van der Waals surface area contributed by atoms with Gasteiger partial charge in [-0.2, -0.15) is 0 Å². The number of rotatable bonds is 2. The van der Waals surface area contributed by atoms with Gasteiger partial charge in [-0.1, -0.05) is 0 Å². The van der Waals surface area contributed by atoms with Crippen molar-refractivity contribution in [1.29, 1.82) is 0 Å². The molecule has 0 N–H and O–H groups in total. The molecular formula is C9H16N4O. The minimum absolute atomic E-state index is 0.241. The monoisotopic (exact) mass is 196 g/mol. The minimum Gasteiger partial charge on any atom is -0.378 e. The summed E-state index contributed by atoms with van der Waals surface area (Å²) >= 11 is 0. The van der Waals surface area contributed by atoms with Crippen LogP contribution in [0.5, 0.6) is 0 Å². The Labute approximate surface area is 83.7 Å². The van der Waals surface area contributed by atoms with Gasteiger partial charge >= 0.3 is 0 Å². The average Bonchev–Trinajstić information content (AvgIpc) is 2.70. The zero-order valence-electron chi connectivity index (χ0n) is 8.63. The maximum Gasteiger partial charge on any atom is 0.119 e. The molecule has 0 saturated carbocycles. The van der Waals surface area contributed by atoms with Crippen LogP contribution in [0, 0.1) is 0 Å². The molecule has 0 spiro atoms. The average molecular weight is 196 g/mol. The molecule has 2 atom stereocenters. The Morgan fingerprint density at radius 2 is 2.07 bits per heavy atom. The molecule has 1 saturated heterocycles. The van der Waals surface area contributed by atoms with E-state index in [4.69, 9.17) is 4.74 Å². The lowest BCUT2D eigenvalue weighted by molar-refractivity contribution is 0.00179. The Morgan fingerprint density at radius 3 is 2.71 bits per heavy atom. The van der Waals surface area contributed by atoms with Crippen molar-refractivity contribution in [1.82, 2.24) is 19.7 Å². The van der Waals surface area contributed by atoms with Crippen molar-refractivity contribution < 1.29 is 4.74 Å². The molecule has 1 aliphatic rings. The molecule has 1 aromatic heterocycles. The fraction of sp³-hybridized carbons (Fsp3) is 0.778. The Kier molecular flexibility index (Phi) is 2.79. The number of likely N-dealkylation sites (tertiary alicyclic amines) is 1. The lowest BCUT2D eigenvalue weighted by atomic mass is 10.0. The van der Waals surface area contributed by atoms with Crippen molar-refractivity contribution in [2.45, 2.75) is 18.6 Å². The number of likely N-dealkylation sites (N-methyl/N-ethyl adjacent to an activating group) is 1. The second-order valence-electron chi connectivity index (χ2n) is 3.80. The second-order valence-corrected chi connectivity index (χ2v) is 3.80. The van der Waals surface area contributed by atoms with Gasteiger partial charge < -0.3 is 14.2 Å². The molecule has 5 heteroatoms. The molecule has 1 fully saturated rings. The van der Waals surface area contributed by atoms with Crippen molar-refractivity contribution in [3.05, 3.63) is 12.7 Å². The number of methoxy groups -OCH3 is 1. The van der Waals surface area contributed by atoms with E-state index in [-0.39, 0.29) is 6.10 Å². The fourth-order valence-corrected chi connectivity index (χ4v) is 2.01. The first-order chi connectivity index (χ1) is 6.81. The van der Waals surface area contributed by atoms with E-state index in [1.54, 1.807) is 19.8 Å². The van der Waals surface area contributed by atoms with Gasteiger partial charge in [0.15, 0.2) is 0 Å². The van der Waals surface area contributed by atoms with Crippen LogP contribution in [0.2, 0.25) is 0 Å².